The van der Waals surface area contributed by atoms with Crippen LogP contribution in [0.1, 0.15) is 25.7 Å². The zero-order valence-corrected chi connectivity index (χ0v) is 24.1. The van der Waals surface area contributed by atoms with Crippen molar-refractivity contribution < 1.29 is 4.79 Å². The molecule has 0 spiro atoms. The molecule has 6 rings (SSSR count). The number of anilines is 2. The van der Waals surface area contributed by atoms with Gasteiger partial charge in [-0.1, -0.05) is 48.5 Å². The molecule has 0 saturated carbocycles. The molecule has 0 atom stereocenters. The number of carbonyl (C=O) groups excluding carboxylic acids is 1. The van der Waals surface area contributed by atoms with Crippen molar-refractivity contribution >= 4 is 40.6 Å². The number of nitrogens with one attached hydrogen (secondary N) is 1. The summed E-state index contributed by atoms with van der Waals surface area (Å²) >= 11 is 3.37. The quantitative estimate of drug-likeness (QED) is 0.212. The summed E-state index contributed by atoms with van der Waals surface area (Å²) < 4.78 is 0. The van der Waals surface area contributed by atoms with Gasteiger partial charge in [0, 0.05) is 70.2 Å². The van der Waals surface area contributed by atoms with Gasteiger partial charge in [0.1, 0.15) is 27.9 Å². The number of nitrogens with zero attached hydrogens (tertiary/aromatic N) is 6. The molecule has 3 N–H and O–H groups in total. The van der Waals surface area contributed by atoms with Crippen LogP contribution in [-0.2, 0) is 6.54 Å². The Morgan fingerprint density at radius 1 is 0.707 bits per heavy atom. The summed E-state index contributed by atoms with van der Waals surface area (Å²) in [5, 5.41) is 5.30. The summed E-state index contributed by atoms with van der Waals surface area (Å²) in [6.07, 6.45) is 14.3. The van der Waals surface area contributed by atoms with E-state index in [0.717, 1.165) is 39.8 Å². The first kappa shape index (κ1) is 29.1. The predicted molar refractivity (Wildman–Crippen MR) is 166 cm³/mol. The second-order valence-corrected chi connectivity index (χ2v) is 11.0. The first-order chi connectivity index (χ1) is 20.0. The van der Waals surface area contributed by atoms with Crippen LogP contribution in [0, 0.1) is 13.8 Å². The van der Waals surface area contributed by atoms with Crippen molar-refractivity contribution in [3.8, 4) is 21.1 Å². The Balaban J connectivity index is 0.000000159. The number of thiazole rings is 2. The molecule has 0 fully saturated rings. The van der Waals surface area contributed by atoms with Crippen LogP contribution in [0.5, 0.6) is 0 Å². The molecule has 0 aliphatic rings. The number of nitrogens with two attached hydrogens (primary N) is 1. The molecule has 0 saturated heterocycles. The van der Waals surface area contributed by atoms with Crippen LogP contribution in [0.4, 0.5) is 11.6 Å². The van der Waals surface area contributed by atoms with E-state index in [1.54, 1.807) is 65.8 Å². The van der Waals surface area contributed by atoms with Crippen molar-refractivity contribution in [1.82, 2.24) is 29.9 Å². The predicted octanol–water partition coefficient (Wildman–Crippen LogP) is 6.51. The lowest BCUT2D eigenvalue weighted by molar-refractivity contribution is 0.112. The summed E-state index contributed by atoms with van der Waals surface area (Å²) in [4.78, 5) is 37.1. The average Bonchev–Trinajstić information content (AvgIpc) is 3.66. The third-order valence-corrected chi connectivity index (χ3v) is 7.28. The van der Waals surface area contributed by atoms with Gasteiger partial charge in [-0.2, -0.15) is 0 Å². The van der Waals surface area contributed by atoms with Crippen LogP contribution >= 0.6 is 22.7 Å². The van der Waals surface area contributed by atoms with Crippen LogP contribution in [0.2, 0.25) is 0 Å². The zero-order valence-electron chi connectivity index (χ0n) is 22.5. The standard InChI is InChI=1S/C15H14N4S.C11H9NOS.C4H5N3/c1-11-8-19-15(20-11)13-4-2-12(3-5-13)9-18-14-10-16-6-7-17-14;1-8-6-12-11(14-8)10-4-2-9(7-13)3-5-10;5-4-3-6-1-2-7-4/h2-8,10H,9H2,1H3,(H,17,18);2-7H,1H3;1-3H,(H2,5,7). The van der Waals surface area contributed by atoms with Crippen LogP contribution < -0.4 is 11.1 Å². The van der Waals surface area contributed by atoms with E-state index in [2.05, 4.69) is 66.4 Å². The summed E-state index contributed by atoms with van der Waals surface area (Å²) in [5.41, 5.74) is 9.30. The fourth-order valence-electron chi connectivity index (χ4n) is 3.34. The van der Waals surface area contributed by atoms with Crippen molar-refractivity contribution in [2.24, 2.45) is 0 Å². The summed E-state index contributed by atoms with van der Waals surface area (Å²) in [6.45, 7) is 4.83. The maximum Gasteiger partial charge on any atom is 0.150 e. The van der Waals surface area contributed by atoms with Gasteiger partial charge in [0.2, 0.25) is 0 Å². The molecule has 0 aliphatic carbocycles. The van der Waals surface area contributed by atoms with Gasteiger partial charge in [-0.05, 0) is 19.4 Å². The fraction of sp³-hybridized carbons (Fsp3) is 0.100. The number of aldehydes is 1. The zero-order chi connectivity index (χ0) is 28.9. The Labute approximate surface area is 246 Å². The molecule has 2 aromatic carbocycles. The topological polar surface area (TPSA) is 132 Å². The second kappa shape index (κ2) is 15.1. The number of aromatic nitrogens is 6. The Kier molecular flexibility index (Phi) is 10.7. The highest BCUT2D eigenvalue weighted by atomic mass is 32.1. The molecule has 6 aromatic rings. The number of hydrogen-bond donors (Lipinski definition) is 2. The SMILES string of the molecule is Cc1cnc(-c2ccc(C=O)cc2)s1.Cc1cnc(-c2ccc(CNc3cnccn3)cc2)s1.Nc1cnccn1. The van der Waals surface area contributed by atoms with E-state index in [1.165, 1.54) is 21.5 Å². The van der Waals surface area contributed by atoms with Gasteiger partial charge in [-0.25, -0.2) is 19.9 Å². The molecule has 9 nitrogen and oxygen atoms in total. The largest absolute Gasteiger partial charge is 0.382 e. The molecule has 41 heavy (non-hydrogen) atoms. The molecular formula is C30H28N8OS2. The van der Waals surface area contributed by atoms with Crippen molar-refractivity contribution in [2.45, 2.75) is 20.4 Å². The lowest BCUT2D eigenvalue weighted by Gasteiger charge is -2.05. The number of rotatable bonds is 6. The van der Waals surface area contributed by atoms with E-state index in [-0.39, 0.29) is 0 Å². The molecule has 206 valence electrons. The highest BCUT2D eigenvalue weighted by molar-refractivity contribution is 7.15. The molecule has 0 amide bonds. The maximum atomic E-state index is 10.4. The van der Waals surface area contributed by atoms with Crippen molar-refractivity contribution in [2.75, 3.05) is 11.1 Å². The maximum absolute atomic E-state index is 10.4. The molecule has 11 heteroatoms. The third-order valence-electron chi connectivity index (χ3n) is 5.36. The van der Waals surface area contributed by atoms with Gasteiger partial charge in [-0.3, -0.25) is 14.8 Å². The van der Waals surface area contributed by atoms with Gasteiger partial charge in [0.05, 0.1) is 12.4 Å². The van der Waals surface area contributed by atoms with E-state index in [4.69, 9.17) is 5.73 Å². The van der Waals surface area contributed by atoms with E-state index >= 15 is 0 Å². The Hall–Kier alpha value is -4.87. The van der Waals surface area contributed by atoms with Crippen LogP contribution in [0.15, 0.2) is 98.1 Å². The van der Waals surface area contributed by atoms with Crippen LogP contribution in [0.3, 0.4) is 0 Å². The van der Waals surface area contributed by atoms with E-state index in [0.29, 0.717) is 11.4 Å². The number of hydrogen-bond acceptors (Lipinski definition) is 11. The molecule has 0 aliphatic heterocycles. The first-order valence-electron chi connectivity index (χ1n) is 12.5. The van der Waals surface area contributed by atoms with Gasteiger partial charge in [-0.15, -0.1) is 22.7 Å². The summed E-state index contributed by atoms with van der Waals surface area (Å²) in [5.74, 6) is 1.25. The molecule has 0 unspecified atom stereocenters. The Morgan fingerprint density at radius 2 is 1.27 bits per heavy atom. The Bertz CT molecular complexity index is 1620. The molecular weight excluding hydrogens is 553 g/mol. The van der Waals surface area contributed by atoms with Gasteiger partial charge in [0.15, 0.2) is 0 Å². The van der Waals surface area contributed by atoms with Crippen LogP contribution in [-0.4, -0.2) is 36.2 Å². The van der Waals surface area contributed by atoms with Crippen molar-refractivity contribution in [1.29, 1.82) is 0 Å². The lowest BCUT2D eigenvalue weighted by Crippen LogP contribution is -2.01. The molecule has 0 bridgehead atoms. The fourth-order valence-corrected chi connectivity index (χ4v) is 4.88. The lowest BCUT2D eigenvalue weighted by atomic mass is 10.1. The van der Waals surface area contributed by atoms with Gasteiger partial charge in [0.25, 0.3) is 0 Å². The van der Waals surface area contributed by atoms with E-state index in [1.807, 2.05) is 31.5 Å². The molecule has 4 heterocycles. The number of carbonyl (C=O) groups is 1. The van der Waals surface area contributed by atoms with Gasteiger partial charge < -0.3 is 11.1 Å². The molecule has 0 radical (unpaired) electrons. The smallest absolute Gasteiger partial charge is 0.150 e. The number of aryl methyl sites for hydroxylation is 2. The average molecular weight is 581 g/mol. The highest BCUT2D eigenvalue weighted by Gasteiger charge is 2.03. The first-order valence-corrected chi connectivity index (χ1v) is 14.1. The van der Waals surface area contributed by atoms with Crippen LogP contribution in [0.25, 0.3) is 21.1 Å². The minimum Gasteiger partial charge on any atom is -0.382 e. The monoisotopic (exact) mass is 580 g/mol. The number of nitrogen functional groups attached to an aromatic ring is 1. The number of benzene rings is 2. The minimum absolute atomic E-state index is 0.461. The Morgan fingerprint density at radius 3 is 1.68 bits per heavy atom. The summed E-state index contributed by atoms with van der Waals surface area (Å²) in [7, 11) is 0. The van der Waals surface area contributed by atoms with E-state index < -0.39 is 0 Å². The van der Waals surface area contributed by atoms with E-state index in [9.17, 15) is 4.79 Å². The normalized spacial score (nSPS) is 10.0. The van der Waals surface area contributed by atoms with Gasteiger partial charge >= 0.3 is 0 Å². The molecule has 4 aromatic heterocycles. The highest BCUT2D eigenvalue weighted by Crippen LogP contribution is 2.25. The van der Waals surface area contributed by atoms with Crippen molar-refractivity contribution in [3.05, 3.63) is 119 Å². The van der Waals surface area contributed by atoms with Crippen molar-refractivity contribution in [3.63, 3.8) is 0 Å². The summed E-state index contributed by atoms with van der Waals surface area (Å²) in [6, 6.07) is 15.9. The minimum atomic E-state index is 0.461. The second-order valence-electron chi connectivity index (χ2n) is 8.56. The third kappa shape index (κ3) is 9.38.